The summed E-state index contributed by atoms with van der Waals surface area (Å²) in [5.41, 5.74) is 1.87. The first kappa shape index (κ1) is 11.6. The maximum Gasteiger partial charge on any atom is 0.128 e. The topological polar surface area (TPSA) is 22.1 Å². The molecule has 0 bridgehead atoms. The SMILES string of the molecule is COc1ccccc1-c1cc(Br)c(Br)cn1. The number of hydrogen-bond acceptors (Lipinski definition) is 2. The fourth-order valence-corrected chi connectivity index (χ4v) is 1.95. The van der Waals surface area contributed by atoms with Gasteiger partial charge < -0.3 is 4.74 Å². The average molecular weight is 343 g/mol. The highest BCUT2D eigenvalue weighted by Crippen LogP contribution is 2.31. The first-order chi connectivity index (χ1) is 7.72. The molecule has 2 rings (SSSR count). The van der Waals surface area contributed by atoms with E-state index in [0.717, 1.165) is 26.0 Å². The minimum absolute atomic E-state index is 0.823. The largest absolute Gasteiger partial charge is 0.496 e. The molecular formula is C12H9Br2NO. The Morgan fingerprint density at radius 1 is 1.12 bits per heavy atom. The van der Waals surface area contributed by atoms with E-state index >= 15 is 0 Å². The minimum atomic E-state index is 0.823. The second-order valence-electron chi connectivity index (χ2n) is 3.18. The molecule has 1 aromatic heterocycles. The lowest BCUT2D eigenvalue weighted by atomic mass is 10.1. The zero-order chi connectivity index (χ0) is 11.5. The third kappa shape index (κ3) is 2.28. The number of para-hydroxylation sites is 1. The molecule has 0 aliphatic carbocycles. The van der Waals surface area contributed by atoms with E-state index in [-0.39, 0.29) is 0 Å². The lowest BCUT2D eigenvalue weighted by molar-refractivity contribution is 0.416. The van der Waals surface area contributed by atoms with Crippen molar-refractivity contribution in [3.05, 3.63) is 45.5 Å². The van der Waals surface area contributed by atoms with Crippen molar-refractivity contribution in [3.8, 4) is 17.0 Å². The van der Waals surface area contributed by atoms with Crippen LogP contribution in [0.3, 0.4) is 0 Å². The summed E-state index contributed by atoms with van der Waals surface area (Å²) in [6, 6.07) is 9.78. The smallest absolute Gasteiger partial charge is 0.128 e. The van der Waals surface area contributed by atoms with Crippen molar-refractivity contribution in [2.75, 3.05) is 7.11 Å². The van der Waals surface area contributed by atoms with Gasteiger partial charge in [0.2, 0.25) is 0 Å². The molecule has 0 atom stereocenters. The summed E-state index contributed by atoms with van der Waals surface area (Å²) in [4.78, 5) is 4.36. The Balaban J connectivity index is 2.54. The summed E-state index contributed by atoms with van der Waals surface area (Å²) < 4.78 is 7.21. The monoisotopic (exact) mass is 341 g/mol. The normalized spacial score (nSPS) is 10.2. The second kappa shape index (κ2) is 4.97. The Bertz CT molecular complexity index is 514. The standard InChI is InChI=1S/C12H9Br2NO/c1-16-12-5-3-2-4-8(12)11-6-9(13)10(14)7-15-11/h2-7H,1H3. The molecule has 0 fully saturated rings. The molecule has 2 aromatic rings. The van der Waals surface area contributed by atoms with Crippen LogP contribution in [0.4, 0.5) is 0 Å². The van der Waals surface area contributed by atoms with E-state index in [1.807, 2.05) is 30.3 Å². The van der Waals surface area contributed by atoms with Gasteiger partial charge in [0.15, 0.2) is 0 Å². The molecule has 1 heterocycles. The first-order valence-electron chi connectivity index (χ1n) is 4.67. The van der Waals surface area contributed by atoms with Crippen LogP contribution in [0, 0.1) is 0 Å². The Hall–Kier alpha value is -0.870. The molecule has 0 aliphatic rings. The van der Waals surface area contributed by atoms with E-state index in [1.165, 1.54) is 0 Å². The van der Waals surface area contributed by atoms with Gasteiger partial charge in [-0.3, -0.25) is 4.98 Å². The van der Waals surface area contributed by atoms with Crippen molar-refractivity contribution in [2.45, 2.75) is 0 Å². The summed E-state index contributed by atoms with van der Waals surface area (Å²) in [6.45, 7) is 0. The quantitative estimate of drug-likeness (QED) is 0.812. The summed E-state index contributed by atoms with van der Waals surface area (Å²) >= 11 is 6.86. The number of aromatic nitrogens is 1. The highest BCUT2D eigenvalue weighted by atomic mass is 79.9. The average Bonchev–Trinajstić information content (AvgIpc) is 2.32. The third-order valence-corrected chi connectivity index (χ3v) is 4.01. The number of rotatable bonds is 2. The Morgan fingerprint density at radius 2 is 1.88 bits per heavy atom. The van der Waals surface area contributed by atoms with Crippen molar-refractivity contribution in [3.63, 3.8) is 0 Å². The predicted octanol–water partition coefficient (Wildman–Crippen LogP) is 4.28. The zero-order valence-electron chi connectivity index (χ0n) is 8.58. The molecule has 0 unspecified atom stereocenters. The van der Waals surface area contributed by atoms with Crippen LogP contribution in [0.15, 0.2) is 45.5 Å². The fourth-order valence-electron chi connectivity index (χ4n) is 1.42. The van der Waals surface area contributed by atoms with Crippen LogP contribution in [-0.4, -0.2) is 12.1 Å². The molecular weight excluding hydrogens is 334 g/mol. The van der Waals surface area contributed by atoms with Crippen LogP contribution in [0.25, 0.3) is 11.3 Å². The Kier molecular flexibility index (Phi) is 3.61. The molecule has 82 valence electrons. The van der Waals surface area contributed by atoms with Gasteiger partial charge in [-0.1, -0.05) is 12.1 Å². The van der Waals surface area contributed by atoms with E-state index in [0.29, 0.717) is 0 Å². The zero-order valence-corrected chi connectivity index (χ0v) is 11.7. The van der Waals surface area contributed by atoms with Crippen LogP contribution in [-0.2, 0) is 0 Å². The molecule has 16 heavy (non-hydrogen) atoms. The molecule has 0 saturated heterocycles. The maximum absolute atomic E-state index is 5.30. The number of methoxy groups -OCH3 is 1. The van der Waals surface area contributed by atoms with Crippen molar-refractivity contribution < 1.29 is 4.74 Å². The van der Waals surface area contributed by atoms with Crippen LogP contribution >= 0.6 is 31.9 Å². The minimum Gasteiger partial charge on any atom is -0.496 e. The lowest BCUT2D eigenvalue weighted by Gasteiger charge is -2.08. The maximum atomic E-state index is 5.30. The van der Waals surface area contributed by atoms with Gasteiger partial charge in [-0.2, -0.15) is 0 Å². The van der Waals surface area contributed by atoms with Crippen molar-refractivity contribution in [1.82, 2.24) is 4.98 Å². The molecule has 0 aliphatic heterocycles. The predicted molar refractivity (Wildman–Crippen MR) is 71.6 cm³/mol. The van der Waals surface area contributed by atoms with Gasteiger partial charge in [0.05, 0.1) is 17.3 Å². The Labute approximate surface area is 111 Å². The molecule has 0 spiro atoms. The van der Waals surface area contributed by atoms with Gasteiger partial charge in [0, 0.05) is 16.2 Å². The van der Waals surface area contributed by atoms with Crippen LogP contribution < -0.4 is 4.74 Å². The summed E-state index contributed by atoms with van der Waals surface area (Å²) in [5.74, 6) is 0.823. The van der Waals surface area contributed by atoms with Crippen molar-refractivity contribution in [2.24, 2.45) is 0 Å². The molecule has 0 N–H and O–H groups in total. The van der Waals surface area contributed by atoms with Crippen molar-refractivity contribution >= 4 is 31.9 Å². The molecule has 2 nitrogen and oxygen atoms in total. The number of benzene rings is 1. The van der Waals surface area contributed by atoms with Gasteiger partial charge in [-0.15, -0.1) is 0 Å². The highest BCUT2D eigenvalue weighted by Gasteiger charge is 2.07. The lowest BCUT2D eigenvalue weighted by Crippen LogP contribution is -1.89. The Morgan fingerprint density at radius 3 is 2.56 bits per heavy atom. The number of pyridine rings is 1. The van der Waals surface area contributed by atoms with E-state index in [2.05, 4.69) is 36.8 Å². The molecule has 1 aromatic carbocycles. The third-order valence-electron chi connectivity index (χ3n) is 2.19. The summed E-state index contributed by atoms with van der Waals surface area (Å²) in [5, 5.41) is 0. The number of hydrogen-bond donors (Lipinski definition) is 0. The summed E-state index contributed by atoms with van der Waals surface area (Å²) in [7, 11) is 1.66. The van der Waals surface area contributed by atoms with Gasteiger partial charge in [-0.25, -0.2) is 0 Å². The highest BCUT2D eigenvalue weighted by molar-refractivity contribution is 9.13. The number of nitrogens with zero attached hydrogens (tertiary/aromatic N) is 1. The number of halogens is 2. The van der Waals surface area contributed by atoms with Gasteiger partial charge in [0.25, 0.3) is 0 Å². The fraction of sp³-hybridized carbons (Fsp3) is 0.0833. The van der Waals surface area contributed by atoms with Crippen LogP contribution in [0.2, 0.25) is 0 Å². The molecule has 0 amide bonds. The van der Waals surface area contributed by atoms with Gasteiger partial charge >= 0.3 is 0 Å². The molecule has 0 radical (unpaired) electrons. The number of ether oxygens (including phenoxy) is 1. The van der Waals surface area contributed by atoms with E-state index < -0.39 is 0 Å². The first-order valence-corrected chi connectivity index (χ1v) is 6.25. The van der Waals surface area contributed by atoms with Gasteiger partial charge in [-0.05, 0) is 50.1 Å². The van der Waals surface area contributed by atoms with Gasteiger partial charge in [0.1, 0.15) is 5.75 Å². The second-order valence-corrected chi connectivity index (χ2v) is 4.89. The van der Waals surface area contributed by atoms with Crippen molar-refractivity contribution in [1.29, 1.82) is 0 Å². The van der Waals surface area contributed by atoms with Crippen LogP contribution in [0.5, 0.6) is 5.75 Å². The van der Waals surface area contributed by atoms with E-state index in [9.17, 15) is 0 Å². The van der Waals surface area contributed by atoms with E-state index in [4.69, 9.17) is 4.74 Å². The summed E-state index contributed by atoms with van der Waals surface area (Å²) in [6.07, 6.45) is 1.77. The van der Waals surface area contributed by atoms with E-state index in [1.54, 1.807) is 13.3 Å². The van der Waals surface area contributed by atoms with Crippen LogP contribution in [0.1, 0.15) is 0 Å². The molecule has 4 heteroatoms. The molecule has 0 saturated carbocycles.